The summed E-state index contributed by atoms with van der Waals surface area (Å²) in [5.41, 5.74) is 5.63. The summed E-state index contributed by atoms with van der Waals surface area (Å²) in [6.07, 6.45) is 3.78. The minimum absolute atomic E-state index is 0.237. The highest BCUT2D eigenvalue weighted by molar-refractivity contribution is 5.91. The minimum Gasteiger partial charge on any atom is -0.459 e. The molecule has 6 nitrogen and oxygen atoms in total. The average molecular weight is 236 g/mol. The van der Waals surface area contributed by atoms with Crippen molar-refractivity contribution in [2.75, 3.05) is 13.1 Å². The highest BCUT2D eigenvalue weighted by Gasteiger charge is 2.21. The topological polar surface area (TPSA) is 92.6 Å². The van der Waals surface area contributed by atoms with Gasteiger partial charge in [-0.1, -0.05) is 0 Å². The third-order valence-corrected chi connectivity index (χ3v) is 2.35. The molecule has 0 atom stereocenters. The largest absolute Gasteiger partial charge is 0.459 e. The number of furan rings is 1. The van der Waals surface area contributed by atoms with Crippen molar-refractivity contribution in [1.82, 2.24) is 10.6 Å². The highest BCUT2D eigenvalue weighted by atomic mass is 16.3. The average Bonchev–Trinajstić information content (AvgIpc) is 2.96. The van der Waals surface area contributed by atoms with Crippen LogP contribution in [0.2, 0.25) is 0 Å². The van der Waals surface area contributed by atoms with Gasteiger partial charge in [-0.3, -0.25) is 9.79 Å². The zero-order valence-corrected chi connectivity index (χ0v) is 9.48. The molecule has 1 fully saturated rings. The summed E-state index contributed by atoms with van der Waals surface area (Å²) < 4.78 is 4.95. The van der Waals surface area contributed by atoms with E-state index in [0.29, 0.717) is 30.9 Å². The van der Waals surface area contributed by atoms with E-state index in [0.717, 1.165) is 12.8 Å². The number of carbonyl (C=O) groups excluding carboxylic acids is 1. The number of nitrogens with two attached hydrogens (primary N) is 1. The molecule has 0 saturated heterocycles. The quantitative estimate of drug-likeness (QED) is 0.383. The van der Waals surface area contributed by atoms with Crippen LogP contribution in [0.15, 0.2) is 27.8 Å². The summed E-state index contributed by atoms with van der Waals surface area (Å²) in [6.45, 7) is 0.893. The molecule has 1 amide bonds. The van der Waals surface area contributed by atoms with Crippen molar-refractivity contribution >= 4 is 11.9 Å². The van der Waals surface area contributed by atoms with Gasteiger partial charge in [-0.05, 0) is 25.0 Å². The van der Waals surface area contributed by atoms with E-state index in [4.69, 9.17) is 10.2 Å². The third kappa shape index (κ3) is 3.82. The monoisotopic (exact) mass is 236 g/mol. The van der Waals surface area contributed by atoms with Gasteiger partial charge in [0.15, 0.2) is 11.7 Å². The first kappa shape index (κ1) is 11.5. The van der Waals surface area contributed by atoms with Crippen LogP contribution in [0.3, 0.4) is 0 Å². The van der Waals surface area contributed by atoms with Gasteiger partial charge in [0.05, 0.1) is 12.8 Å². The molecule has 6 heteroatoms. The van der Waals surface area contributed by atoms with Crippen LogP contribution in [-0.2, 0) is 0 Å². The Morgan fingerprint density at radius 2 is 2.41 bits per heavy atom. The smallest absolute Gasteiger partial charge is 0.287 e. The number of nitrogens with one attached hydrogen (secondary N) is 2. The lowest BCUT2D eigenvalue weighted by Gasteiger charge is -2.03. The first-order chi connectivity index (χ1) is 8.25. The molecule has 0 aliphatic heterocycles. The van der Waals surface area contributed by atoms with Gasteiger partial charge in [-0.15, -0.1) is 0 Å². The van der Waals surface area contributed by atoms with Crippen LogP contribution < -0.4 is 16.4 Å². The van der Waals surface area contributed by atoms with Crippen molar-refractivity contribution in [3.8, 4) is 0 Å². The van der Waals surface area contributed by atoms with E-state index >= 15 is 0 Å². The second-order valence-corrected chi connectivity index (χ2v) is 3.92. The van der Waals surface area contributed by atoms with Gasteiger partial charge in [0.1, 0.15) is 0 Å². The van der Waals surface area contributed by atoms with E-state index in [1.807, 2.05) is 0 Å². The first-order valence-electron chi connectivity index (χ1n) is 5.64. The highest BCUT2D eigenvalue weighted by Crippen LogP contribution is 2.17. The fourth-order valence-electron chi connectivity index (χ4n) is 1.32. The molecule has 0 aromatic carbocycles. The van der Waals surface area contributed by atoms with Crippen LogP contribution in [0, 0.1) is 0 Å². The third-order valence-electron chi connectivity index (χ3n) is 2.35. The fraction of sp³-hybridized carbons (Fsp3) is 0.455. The Kier molecular flexibility index (Phi) is 3.64. The number of nitrogens with zero attached hydrogens (tertiary/aromatic N) is 1. The van der Waals surface area contributed by atoms with E-state index in [-0.39, 0.29) is 5.91 Å². The van der Waals surface area contributed by atoms with E-state index < -0.39 is 0 Å². The lowest BCUT2D eigenvalue weighted by atomic mass is 10.4. The number of aliphatic imine (C=N–C) groups is 1. The van der Waals surface area contributed by atoms with E-state index in [9.17, 15) is 4.79 Å². The SMILES string of the molecule is NC(=NCCNC(=O)c1ccco1)NC1CC1. The van der Waals surface area contributed by atoms with Crippen molar-refractivity contribution in [2.45, 2.75) is 18.9 Å². The maximum atomic E-state index is 11.4. The van der Waals surface area contributed by atoms with Gasteiger partial charge in [-0.25, -0.2) is 0 Å². The summed E-state index contributed by atoms with van der Waals surface area (Å²) in [6, 6.07) is 3.78. The molecule has 0 bridgehead atoms. The van der Waals surface area contributed by atoms with E-state index in [1.165, 1.54) is 6.26 Å². The predicted molar refractivity (Wildman–Crippen MR) is 63.7 cm³/mol. The van der Waals surface area contributed by atoms with Crippen LogP contribution in [0.5, 0.6) is 0 Å². The normalized spacial score (nSPS) is 15.6. The van der Waals surface area contributed by atoms with Crippen LogP contribution >= 0.6 is 0 Å². The molecule has 1 heterocycles. The van der Waals surface area contributed by atoms with Crippen molar-refractivity contribution < 1.29 is 9.21 Å². The number of guanidine groups is 1. The summed E-state index contributed by atoms with van der Waals surface area (Å²) >= 11 is 0. The number of hydrogen-bond acceptors (Lipinski definition) is 3. The first-order valence-corrected chi connectivity index (χ1v) is 5.64. The molecule has 0 spiro atoms. The van der Waals surface area contributed by atoms with Gasteiger partial charge in [0, 0.05) is 12.6 Å². The lowest BCUT2D eigenvalue weighted by Crippen LogP contribution is -2.34. The Morgan fingerprint density at radius 3 is 3.06 bits per heavy atom. The summed E-state index contributed by atoms with van der Waals surface area (Å²) in [5, 5.41) is 5.75. The summed E-state index contributed by atoms with van der Waals surface area (Å²) in [7, 11) is 0. The van der Waals surface area contributed by atoms with Crippen LogP contribution in [0.4, 0.5) is 0 Å². The summed E-state index contributed by atoms with van der Waals surface area (Å²) in [4.78, 5) is 15.5. The number of hydrogen-bond donors (Lipinski definition) is 3. The van der Waals surface area contributed by atoms with Crippen LogP contribution in [0.25, 0.3) is 0 Å². The Hall–Kier alpha value is -1.98. The molecule has 1 saturated carbocycles. The molecule has 1 aliphatic rings. The van der Waals surface area contributed by atoms with Gasteiger partial charge in [0.2, 0.25) is 0 Å². The molecule has 4 N–H and O–H groups in total. The van der Waals surface area contributed by atoms with E-state index in [2.05, 4.69) is 15.6 Å². The fourth-order valence-corrected chi connectivity index (χ4v) is 1.32. The standard InChI is InChI=1S/C11H16N4O2/c12-11(15-8-3-4-8)14-6-5-13-10(16)9-2-1-7-17-9/h1-2,7-8H,3-6H2,(H,13,16)(H3,12,14,15). The molecule has 2 rings (SSSR count). The Morgan fingerprint density at radius 1 is 1.59 bits per heavy atom. The molecule has 0 radical (unpaired) electrons. The number of carbonyl (C=O) groups is 1. The zero-order valence-electron chi connectivity index (χ0n) is 9.48. The maximum absolute atomic E-state index is 11.4. The van der Waals surface area contributed by atoms with E-state index in [1.54, 1.807) is 12.1 Å². The van der Waals surface area contributed by atoms with Crippen molar-refractivity contribution in [3.05, 3.63) is 24.2 Å². The number of rotatable bonds is 5. The second-order valence-electron chi connectivity index (χ2n) is 3.92. The maximum Gasteiger partial charge on any atom is 0.287 e. The molecule has 92 valence electrons. The molecule has 1 aliphatic carbocycles. The Labute approximate surface area is 99.3 Å². The molecule has 1 aromatic heterocycles. The lowest BCUT2D eigenvalue weighted by molar-refractivity contribution is 0.0927. The zero-order chi connectivity index (χ0) is 12.1. The van der Waals surface area contributed by atoms with Crippen molar-refractivity contribution in [3.63, 3.8) is 0 Å². The molecule has 0 unspecified atom stereocenters. The van der Waals surface area contributed by atoms with Gasteiger partial charge < -0.3 is 20.8 Å². The molecular formula is C11H16N4O2. The summed E-state index contributed by atoms with van der Waals surface area (Å²) in [5.74, 6) is 0.511. The Bertz CT molecular complexity index is 396. The van der Waals surface area contributed by atoms with Crippen LogP contribution in [-0.4, -0.2) is 31.0 Å². The molecular weight excluding hydrogens is 220 g/mol. The molecule has 1 aromatic rings. The van der Waals surface area contributed by atoms with Crippen LogP contribution in [0.1, 0.15) is 23.4 Å². The number of amides is 1. The van der Waals surface area contributed by atoms with Gasteiger partial charge >= 0.3 is 0 Å². The molecule has 17 heavy (non-hydrogen) atoms. The minimum atomic E-state index is -0.237. The van der Waals surface area contributed by atoms with Gasteiger partial charge in [0.25, 0.3) is 5.91 Å². The second kappa shape index (κ2) is 5.38. The van der Waals surface area contributed by atoms with Crippen molar-refractivity contribution in [1.29, 1.82) is 0 Å². The predicted octanol–water partition coefficient (Wildman–Crippen LogP) is 0.0761. The Balaban J connectivity index is 1.63. The van der Waals surface area contributed by atoms with Crippen molar-refractivity contribution in [2.24, 2.45) is 10.7 Å². The van der Waals surface area contributed by atoms with Gasteiger partial charge in [-0.2, -0.15) is 0 Å².